The van der Waals surface area contributed by atoms with Crippen LogP contribution < -0.4 is 5.32 Å². The van der Waals surface area contributed by atoms with Crippen LogP contribution in [0.25, 0.3) is 0 Å². The third-order valence-electron chi connectivity index (χ3n) is 2.23. The summed E-state index contributed by atoms with van der Waals surface area (Å²) >= 11 is 0. The fourth-order valence-electron chi connectivity index (χ4n) is 1.32. The molecule has 0 radical (unpaired) electrons. The Hall–Kier alpha value is -1.33. The maximum atomic E-state index is 8.32. The highest BCUT2D eigenvalue weighted by Gasteiger charge is 1.93. The molecule has 0 heterocycles. The summed E-state index contributed by atoms with van der Waals surface area (Å²) < 4.78 is 0. The summed E-state index contributed by atoms with van der Waals surface area (Å²) in [5, 5.41) is 11.4. The van der Waals surface area contributed by atoms with Gasteiger partial charge >= 0.3 is 0 Å². The molecular formula is C12H16N2. The second-order valence-electron chi connectivity index (χ2n) is 3.25. The third-order valence-corrected chi connectivity index (χ3v) is 2.23. The van der Waals surface area contributed by atoms with Crippen molar-refractivity contribution in [3.05, 3.63) is 35.4 Å². The van der Waals surface area contributed by atoms with Gasteiger partial charge < -0.3 is 5.32 Å². The molecule has 14 heavy (non-hydrogen) atoms. The minimum absolute atomic E-state index is 0.438. The Bertz CT molecular complexity index is 295. The number of aryl methyl sites for hydroxylation is 1. The largest absolute Gasteiger partial charge is 0.304 e. The van der Waals surface area contributed by atoms with Gasteiger partial charge in [0, 0.05) is 6.54 Å². The normalized spacial score (nSPS) is 9.71. The molecule has 0 aromatic heterocycles. The molecule has 0 atom stereocenters. The van der Waals surface area contributed by atoms with Crippen molar-refractivity contribution in [1.29, 1.82) is 5.26 Å². The van der Waals surface area contributed by atoms with E-state index in [4.69, 9.17) is 5.26 Å². The minimum Gasteiger partial charge on any atom is -0.304 e. The molecule has 0 bridgehead atoms. The fraction of sp³-hybridized carbons (Fsp3) is 0.417. The Morgan fingerprint density at radius 3 is 2.43 bits per heavy atom. The molecule has 0 unspecified atom stereocenters. The number of hydrogen-bond donors (Lipinski definition) is 1. The van der Waals surface area contributed by atoms with Gasteiger partial charge in [-0.2, -0.15) is 5.26 Å². The first-order valence-corrected chi connectivity index (χ1v) is 5.02. The lowest BCUT2D eigenvalue weighted by Crippen LogP contribution is -2.17. The number of nitriles is 1. The molecule has 74 valence electrons. The van der Waals surface area contributed by atoms with E-state index in [1.165, 1.54) is 11.1 Å². The van der Waals surface area contributed by atoms with Crippen LogP contribution in [0.15, 0.2) is 24.3 Å². The number of hydrogen-bond acceptors (Lipinski definition) is 2. The minimum atomic E-state index is 0.438. The van der Waals surface area contributed by atoms with E-state index < -0.39 is 0 Å². The molecule has 0 fully saturated rings. The average Bonchev–Trinajstić information content (AvgIpc) is 2.25. The molecule has 0 spiro atoms. The van der Waals surface area contributed by atoms with Crippen molar-refractivity contribution in [2.24, 2.45) is 0 Å². The molecule has 0 amide bonds. The predicted octanol–water partition coefficient (Wildman–Crippen LogP) is 1.90. The molecule has 1 rings (SSSR count). The lowest BCUT2D eigenvalue weighted by molar-refractivity contribution is 0.749. The zero-order chi connectivity index (χ0) is 10.2. The SMILES string of the molecule is CCc1ccc(CCNCC#N)cc1. The van der Waals surface area contributed by atoms with Crippen LogP contribution >= 0.6 is 0 Å². The summed E-state index contributed by atoms with van der Waals surface area (Å²) in [4.78, 5) is 0. The van der Waals surface area contributed by atoms with E-state index in [9.17, 15) is 0 Å². The van der Waals surface area contributed by atoms with E-state index in [0.717, 1.165) is 19.4 Å². The Balaban J connectivity index is 2.33. The summed E-state index contributed by atoms with van der Waals surface area (Å²) in [7, 11) is 0. The number of nitrogens with zero attached hydrogens (tertiary/aromatic N) is 1. The Morgan fingerprint density at radius 2 is 1.86 bits per heavy atom. The Morgan fingerprint density at radius 1 is 1.21 bits per heavy atom. The van der Waals surface area contributed by atoms with Gasteiger partial charge in [0.15, 0.2) is 0 Å². The molecule has 0 saturated carbocycles. The lowest BCUT2D eigenvalue weighted by Gasteiger charge is -2.02. The highest BCUT2D eigenvalue weighted by molar-refractivity contribution is 5.22. The van der Waals surface area contributed by atoms with Gasteiger partial charge in [-0.1, -0.05) is 31.2 Å². The smallest absolute Gasteiger partial charge is 0.0841 e. The van der Waals surface area contributed by atoms with Gasteiger partial charge in [-0.25, -0.2) is 0 Å². The molecule has 0 aliphatic heterocycles. The lowest BCUT2D eigenvalue weighted by atomic mass is 10.1. The van der Waals surface area contributed by atoms with Gasteiger partial charge in [0.2, 0.25) is 0 Å². The maximum absolute atomic E-state index is 8.32. The van der Waals surface area contributed by atoms with Crippen LogP contribution in [0, 0.1) is 11.3 Å². The van der Waals surface area contributed by atoms with Crippen molar-refractivity contribution in [3.63, 3.8) is 0 Å². The first-order chi connectivity index (χ1) is 6.86. The third kappa shape index (κ3) is 3.59. The van der Waals surface area contributed by atoms with Crippen LogP contribution in [0.5, 0.6) is 0 Å². The second-order valence-corrected chi connectivity index (χ2v) is 3.25. The van der Waals surface area contributed by atoms with Gasteiger partial charge in [0.1, 0.15) is 0 Å². The summed E-state index contributed by atoms with van der Waals surface area (Å²) in [5.41, 5.74) is 2.70. The predicted molar refractivity (Wildman–Crippen MR) is 58.0 cm³/mol. The second kappa shape index (κ2) is 6.17. The molecule has 2 nitrogen and oxygen atoms in total. The zero-order valence-electron chi connectivity index (χ0n) is 8.59. The average molecular weight is 188 g/mol. The first-order valence-electron chi connectivity index (χ1n) is 5.02. The monoisotopic (exact) mass is 188 g/mol. The first kappa shape index (κ1) is 10.7. The van der Waals surface area contributed by atoms with Crippen molar-refractivity contribution in [2.45, 2.75) is 19.8 Å². The fourth-order valence-corrected chi connectivity index (χ4v) is 1.32. The molecule has 0 saturated heterocycles. The van der Waals surface area contributed by atoms with Crippen LogP contribution in [-0.4, -0.2) is 13.1 Å². The van der Waals surface area contributed by atoms with Crippen molar-refractivity contribution >= 4 is 0 Å². The van der Waals surface area contributed by atoms with E-state index in [2.05, 4.69) is 42.6 Å². The summed E-state index contributed by atoms with van der Waals surface area (Å²) in [5.74, 6) is 0. The van der Waals surface area contributed by atoms with E-state index in [0.29, 0.717) is 6.54 Å². The highest BCUT2D eigenvalue weighted by Crippen LogP contribution is 2.04. The number of rotatable bonds is 5. The van der Waals surface area contributed by atoms with Crippen molar-refractivity contribution in [2.75, 3.05) is 13.1 Å². The van der Waals surface area contributed by atoms with Crippen LogP contribution in [0.1, 0.15) is 18.1 Å². The van der Waals surface area contributed by atoms with Crippen molar-refractivity contribution < 1.29 is 0 Å². The van der Waals surface area contributed by atoms with E-state index in [-0.39, 0.29) is 0 Å². The van der Waals surface area contributed by atoms with Gasteiger partial charge in [-0.15, -0.1) is 0 Å². The molecular weight excluding hydrogens is 172 g/mol. The zero-order valence-corrected chi connectivity index (χ0v) is 8.59. The topological polar surface area (TPSA) is 35.8 Å². The Kier molecular flexibility index (Phi) is 4.74. The van der Waals surface area contributed by atoms with Crippen LogP contribution in [0.3, 0.4) is 0 Å². The summed E-state index contributed by atoms with van der Waals surface area (Å²) in [6.45, 7) is 3.47. The van der Waals surface area contributed by atoms with Crippen LogP contribution in [0.2, 0.25) is 0 Å². The standard InChI is InChI=1S/C12H16N2/c1-2-11-3-5-12(6-4-11)7-9-14-10-8-13/h3-6,14H,2,7,9-10H2,1H3. The summed E-state index contributed by atoms with van der Waals surface area (Å²) in [6.07, 6.45) is 2.08. The molecule has 2 heteroatoms. The summed E-state index contributed by atoms with van der Waals surface area (Å²) in [6, 6.07) is 10.7. The van der Waals surface area contributed by atoms with Crippen LogP contribution in [0.4, 0.5) is 0 Å². The van der Waals surface area contributed by atoms with Crippen molar-refractivity contribution in [1.82, 2.24) is 5.32 Å². The van der Waals surface area contributed by atoms with Gasteiger partial charge in [-0.05, 0) is 24.0 Å². The number of nitrogens with one attached hydrogen (secondary N) is 1. The van der Waals surface area contributed by atoms with E-state index in [1.807, 2.05) is 0 Å². The van der Waals surface area contributed by atoms with E-state index in [1.54, 1.807) is 0 Å². The molecule has 0 aliphatic carbocycles. The highest BCUT2D eigenvalue weighted by atomic mass is 14.8. The van der Waals surface area contributed by atoms with Gasteiger partial charge in [-0.3, -0.25) is 0 Å². The van der Waals surface area contributed by atoms with Crippen molar-refractivity contribution in [3.8, 4) is 6.07 Å². The van der Waals surface area contributed by atoms with Gasteiger partial charge in [0.05, 0.1) is 12.6 Å². The Labute approximate surface area is 85.6 Å². The molecule has 0 aliphatic rings. The molecule has 1 N–H and O–H groups in total. The molecule has 1 aromatic rings. The number of benzene rings is 1. The maximum Gasteiger partial charge on any atom is 0.0841 e. The van der Waals surface area contributed by atoms with Crippen LogP contribution in [-0.2, 0) is 12.8 Å². The van der Waals surface area contributed by atoms with Gasteiger partial charge in [0.25, 0.3) is 0 Å². The quantitative estimate of drug-likeness (QED) is 0.566. The van der Waals surface area contributed by atoms with E-state index >= 15 is 0 Å². The molecule has 1 aromatic carbocycles.